The zero-order chi connectivity index (χ0) is 20.1. The van der Waals surface area contributed by atoms with Crippen molar-refractivity contribution in [3.63, 3.8) is 0 Å². The second kappa shape index (κ2) is 8.73. The number of anilines is 2. The Labute approximate surface area is 171 Å². The van der Waals surface area contributed by atoms with Crippen LogP contribution in [0.25, 0.3) is 0 Å². The highest BCUT2D eigenvalue weighted by Gasteiger charge is 2.20. The van der Waals surface area contributed by atoms with Gasteiger partial charge < -0.3 is 14.7 Å². The van der Waals surface area contributed by atoms with Crippen molar-refractivity contribution in [2.75, 3.05) is 43.0 Å². The summed E-state index contributed by atoms with van der Waals surface area (Å²) in [6.07, 6.45) is 3.27. The quantitative estimate of drug-likeness (QED) is 0.673. The summed E-state index contributed by atoms with van der Waals surface area (Å²) in [6.45, 7) is 4.12. The van der Waals surface area contributed by atoms with Crippen molar-refractivity contribution in [1.82, 2.24) is 14.9 Å². The van der Waals surface area contributed by atoms with Crippen LogP contribution in [0.2, 0.25) is 0 Å². The van der Waals surface area contributed by atoms with Crippen LogP contribution in [-0.4, -0.2) is 54.0 Å². The average molecular weight is 387 g/mol. The van der Waals surface area contributed by atoms with Crippen molar-refractivity contribution in [1.29, 1.82) is 0 Å². The van der Waals surface area contributed by atoms with E-state index in [0.29, 0.717) is 18.1 Å². The third kappa shape index (κ3) is 4.54. The lowest BCUT2D eigenvalue weighted by Gasteiger charge is -2.36. The number of carbonyl (C=O) groups is 1. The lowest BCUT2D eigenvalue weighted by molar-refractivity contribution is 0.0784. The molecule has 1 saturated heterocycles. The first-order valence-corrected chi connectivity index (χ1v) is 9.87. The fraction of sp³-hybridized carbons (Fsp3) is 0.261. The van der Waals surface area contributed by atoms with E-state index >= 15 is 0 Å². The average Bonchev–Trinajstić information content (AvgIpc) is 2.80. The first-order chi connectivity index (χ1) is 14.2. The molecule has 1 aliphatic heterocycles. The Balaban J connectivity index is 1.35. The van der Waals surface area contributed by atoms with Gasteiger partial charge in [-0.1, -0.05) is 48.5 Å². The first-order valence-electron chi connectivity index (χ1n) is 9.87. The topological polar surface area (TPSA) is 52.6 Å². The zero-order valence-electron chi connectivity index (χ0n) is 16.6. The third-order valence-electron chi connectivity index (χ3n) is 5.18. The van der Waals surface area contributed by atoms with E-state index in [4.69, 9.17) is 0 Å². The van der Waals surface area contributed by atoms with E-state index in [-0.39, 0.29) is 5.91 Å². The number of hydrogen-bond donors (Lipinski definition) is 0. The zero-order valence-corrected chi connectivity index (χ0v) is 16.6. The second-order valence-electron chi connectivity index (χ2n) is 7.23. The summed E-state index contributed by atoms with van der Waals surface area (Å²) in [4.78, 5) is 27.8. The summed E-state index contributed by atoms with van der Waals surface area (Å²) >= 11 is 0. The van der Waals surface area contributed by atoms with Crippen LogP contribution >= 0.6 is 0 Å². The van der Waals surface area contributed by atoms with Gasteiger partial charge in [0, 0.05) is 57.9 Å². The minimum absolute atomic E-state index is 0.0747. The van der Waals surface area contributed by atoms with Crippen molar-refractivity contribution in [2.45, 2.75) is 6.54 Å². The molecular weight excluding hydrogens is 362 g/mol. The van der Waals surface area contributed by atoms with E-state index in [0.717, 1.165) is 31.7 Å². The van der Waals surface area contributed by atoms with Crippen LogP contribution in [0.15, 0.2) is 73.1 Å². The van der Waals surface area contributed by atoms with Gasteiger partial charge in [-0.15, -0.1) is 0 Å². The van der Waals surface area contributed by atoms with Gasteiger partial charge in [-0.25, -0.2) is 9.97 Å². The maximum atomic E-state index is 12.7. The summed E-state index contributed by atoms with van der Waals surface area (Å²) in [5.41, 5.74) is 2.85. The number of nitrogens with zero attached hydrogens (tertiary/aromatic N) is 5. The van der Waals surface area contributed by atoms with Gasteiger partial charge in [0.1, 0.15) is 0 Å². The highest BCUT2D eigenvalue weighted by atomic mass is 16.2. The fourth-order valence-electron chi connectivity index (χ4n) is 3.55. The number of rotatable bonds is 5. The number of hydrogen-bond acceptors (Lipinski definition) is 5. The Morgan fingerprint density at radius 2 is 1.41 bits per heavy atom. The van der Waals surface area contributed by atoms with E-state index < -0.39 is 0 Å². The molecule has 0 radical (unpaired) electrons. The molecule has 1 fully saturated rings. The fourth-order valence-corrected chi connectivity index (χ4v) is 3.55. The van der Waals surface area contributed by atoms with E-state index in [1.165, 1.54) is 5.69 Å². The Kier molecular flexibility index (Phi) is 5.70. The smallest absolute Gasteiger partial charge is 0.257 e. The normalized spacial score (nSPS) is 14.0. The molecule has 6 heteroatoms. The Hall–Kier alpha value is -3.41. The summed E-state index contributed by atoms with van der Waals surface area (Å²) < 4.78 is 0. The van der Waals surface area contributed by atoms with E-state index in [9.17, 15) is 4.79 Å². The number of benzene rings is 2. The summed E-state index contributed by atoms with van der Waals surface area (Å²) in [5.74, 6) is 0.606. The number of amides is 1. The molecule has 0 atom stereocenters. The highest BCUT2D eigenvalue weighted by molar-refractivity contribution is 5.93. The van der Waals surface area contributed by atoms with E-state index in [1.807, 2.05) is 36.4 Å². The molecule has 2 aromatic carbocycles. The van der Waals surface area contributed by atoms with Crippen LogP contribution in [0.4, 0.5) is 11.6 Å². The molecule has 0 spiro atoms. The van der Waals surface area contributed by atoms with Crippen molar-refractivity contribution >= 4 is 17.5 Å². The molecule has 4 rings (SSSR count). The first kappa shape index (κ1) is 18.9. The molecule has 0 aliphatic carbocycles. The maximum Gasteiger partial charge on any atom is 0.257 e. The SMILES string of the molecule is CN(Cc1ccccc1)C(=O)c1cnc(N2CCN(c3ccccc3)CC2)nc1. The minimum Gasteiger partial charge on any atom is -0.368 e. The van der Waals surface area contributed by atoms with Crippen LogP contribution in [0.1, 0.15) is 15.9 Å². The molecule has 1 amide bonds. The van der Waals surface area contributed by atoms with Gasteiger partial charge in [-0.05, 0) is 17.7 Å². The van der Waals surface area contributed by atoms with Gasteiger partial charge in [0.15, 0.2) is 0 Å². The molecule has 1 aliphatic rings. The molecule has 0 unspecified atom stereocenters. The number of carbonyl (C=O) groups excluding carboxylic acids is 1. The Morgan fingerprint density at radius 1 is 0.862 bits per heavy atom. The predicted octanol–water partition coefficient (Wildman–Crippen LogP) is 3.08. The van der Waals surface area contributed by atoms with Gasteiger partial charge in [0.25, 0.3) is 5.91 Å². The van der Waals surface area contributed by atoms with Gasteiger partial charge in [-0.2, -0.15) is 0 Å². The van der Waals surface area contributed by atoms with Crippen molar-refractivity contribution in [3.05, 3.63) is 84.2 Å². The van der Waals surface area contributed by atoms with Crippen molar-refractivity contribution in [3.8, 4) is 0 Å². The summed E-state index contributed by atoms with van der Waals surface area (Å²) in [7, 11) is 1.80. The Bertz CT molecular complexity index is 923. The van der Waals surface area contributed by atoms with Crippen molar-refractivity contribution in [2.24, 2.45) is 0 Å². The van der Waals surface area contributed by atoms with Crippen molar-refractivity contribution < 1.29 is 4.79 Å². The van der Waals surface area contributed by atoms with Crippen LogP contribution in [0.5, 0.6) is 0 Å². The molecule has 29 heavy (non-hydrogen) atoms. The van der Waals surface area contributed by atoms with Gasteiger partial charge in [-0.3, -0.25) is 4.79 Å². The van der Waals surface area contributed by atoms with Gasteiger partial charge >= 0.3 is 0 Å². The standard InChI is InChI=1S/C23H25N5O/c1-26(18-19-8-4-2-5-9-19)22(29)20-16-24-23(25-17-20)28-14-12-27(13-15-28)21-10-6-3-7-11-21/h2-11,16-17H,12-15,18H2,1H3. The van der Waals surface area contributed by atoms with E-state index in [2.05, 4.69) is 44.0 Å². The van der Waals surface area contributed by atoms with E-state index in [1.54, 1.807) is 24.3 Å². The third-order valence-corrected chi connectivity index (χ3v) is 5.18. The molecule has 0 bridgehead atoms. The maximum absolute atomic E-state index is 12.7. The molecule has 2 heterocycles. The number of piperazine rings is 1. The lowest BCUT2D eigenvalue weighted by atomic mass is 10.2. The molecule has 1 aromatic heterocycles. The molecule has 6 nitrogen and oxygen atoms in total. The van der Waals surface area contributed by atoms with Gasteiger partial charge in [0.05, 0.1) is 5.56 Å². The molecular formula is C23H25N5O. The monoisotopic (exact) mass is 387 g/mol. The highest BCUT2D eigenvalue weighted by Crippen LogP contribution is 2.18. The second-order valence-corrected chi connectivity index (χ2v) is 7.23. The van der Waals surface area contributed by atoms with Crippen LogP contribution in [0.3, 0.4) is 0 Å². The number of aromatic nitrogens is 2. The van der Waals surface area contributed by atoms with Crippen LogP contribution in [0, 0.1) is 0 Å². The Morgan fingerprint density at radius 3 is 2.03 bits per heavy atom. The molecule has 0 saturated carbocycles. The summed E-state index contributed by atoms with van der Waals surface area (Å²) in [6, 6.07) is 20.4. The molecule has 148 valence electrons. The van der Waals surface area contributed by atoms with Crippen LogP contribution in [-0.2, 0) is 6.54 Å². The van der Waals surface area contributed by atoms with Crippen LogP contribution < -0.4 is 9.80 Å². The molecule has 3 aromatic rings. The predicted molar refractivity (Wildman–Crippen MR) is 115 cm³/mol. The minimum atomic E-state index is -0.0747. The lowest BCUT2D eigenvalue weighted by Crippen LogP contribution is -2.47. The van der Waals surface area contributed by atoms with Gasteiger partial charge in [0.2, 0.25) is 5.95 Å². The molecule has 0 N–H and O–H groups in total. The summed E-state index contributed by atoms with van der Waals surface area (Å²) in [5, 5.41) is 0. The number of para-hydroxylation sites is 1. The largest absolute Gasteiger partial charge is 0.368 e.